The first-order valence-electron chi connectivity index (χ1n) is 11.1. The quantitative estimate of drug-likeness (QED) is 0.261. The summed E-state index contributed by atoms with van der Waals surface area (Å²) in [6.45, 7) is 5.34. The second kappa shape index (κ2) is 10.4. The van der Waals surface area contributed by atoms with Gasteiger partial charge in [-0.25, -0.2) is 4.98 Å². The third-order valence-electron chi connectivity index (χ3n) is 5.37. The van der Waals surface area contributed by atoms with Crippen molar-refractivity contribution in [1.82, 2.24) is 4.98 Å². The van der Waals surface area contributed by atoms with Gasteiger partial charge < -0.3 is 4.74 Å². The van der Waals surface area contributed by atoms with E-state index in [9.17, 15) is 4.79 Å². The van der Waals surface area contributed by atoms with Crippen molar-refractivity contribution in [2.75, 3.05) is 11.5 Å². The Bertz CT molecular complexity index is 1190. The first-order chi connectivity index (χ1) is 15.7. The molecule has 32 heavy (non-hydrogen) atoms. The molecule has 0 radical (unpaired) electrons. The molecule has 4 rings (SSSR count). The fourth-order valence-electron chi connectivity index (χ4n) is 3.60. The number of anilines is 1. The predicted octanol–water partition coefficient (Wildman–Crippen LogP) is 7.02. The highest BCUT2D eigenvalue weighted by Gasteiger charge is 2.22. The lowest BCUT2D eigenvalue weighted by Gasteiger charge is -2.20. The fraction of sp³-hybridized carbons (Fsp3) is 0.259. The highest BCUT2D eigenvalue weighted by Crippen LogP contribution is 2.32. The molecule has 4 aromatic rings. The van der Waals surface area contributed by atoms with Crippen LogP contribution < -0.4 is 9.64 Å². The fourth-order valence-corrected chi connectivity index (χ4v) is 4.64. The van der Waals surface area contributed by atoms with Crippen LogP contribution in [0.25, 0.3) is 10.2 Å². The Morgan fingerprint density at radius 1 is 1.00 bits per heavy atom. The molecule has 0 atom stereocenters. The van der Waals surface area contributed by atoms with Gasteiger partial charge in [-0.15, -0.1) is 0 Å². The van der Waals surface area contributed by atoms with Crippen LogP contribution >= 0.6 is 11.3 Å². The van der Waals surface area contributed by atoms with Gasteiger partial charge in [0.1, 0.15) is 5.75 Å². The first kappa shape index (κ1) is 22.0. The summed E-state index contributed by atoms with van der Waals surface area (Å²) in [6, 6.07) is 23.6. The molecule has 1 heterocycles. The van der Waals surface area contributed by atoms with Crippen LogP contribution in [0, 0.1) is 6.92 Å². The zero-order valence-corrected chi connectivity index (χ0v) is 19.4. The van der Waals surface area contributed by atoms with Gasteiger partial charge in [-0.1, -0.05) is 79.6 Å². The summed E-state index contributed by atoms with van der Waals surface area (Å²) in [6.07, 6.45) is 3.30. The molecular formula is C27H28N2O2S. The van der Waals surface area contributed by atoms with E-state index >= 15 is 0 Å². The van der Waals surface area contributed by atoms with Crippen LogP contribution in [0.4, 0.5) is 5.13 Å². The molecule has 0 bridgehead atoms. The highest BCUT2D eigenvalue weighted by molar-refractivity contribution is 7.22. The van der Waals surface area contributed by atoms with Crippen LogP contribution in [0.3, 0.4) is 0 Å². The Kier molecular flexibility index (Phi) is 7.17. The summed E-state index contributed by atoms with van der Waals surface area (Å²) < 4.78 is 6.96. The van der Waals surface area contributed by atoms with E-state index in [4.69, 9.17) is 9.72 Å². The van der Waals surface area contributed by atoms with Crippen LogP contribution in [0.1, 0.15) is 47.7 Å². The lowest BCUT2D eigenvalue weighted by molar-refractivity contribution is 0.0984. The monoisotopic (exact) mass is 444 g/mol. The number of rotatable bonds is 9. The third kappa shape index (κ3) is 5.17. The standard InChI is InChI=1S/C27H28N2O2S/c1-3-4-8-17-31-23-15-10-14-22(18-23)26(30)29(19-21-12-6-5-7-13-21)27-28-25-20(2)11-9-16-24(25)32-27/h5-7,9-16,18H,3-4,8,17,19H2,1-2H3. The second-order valence-electron chi connectivity index (χ2n) is 7.88. The summed E-state index contributed by atoms with van der Waals surface area (Å²) in [5.41, 5.74) is 3.72. The van der Waals surface area contributed by atoms with Crippen LogP contribution in [-0.4, -0.2) is 17.5 Å². The number of carbonyl (C=O) groups excluding carboxylic acids is 1. The van der Waals surface area contributed by atoms with Crippen molar-refractivity contribution in [2.45, 2.75) is 39.7 Å². The van der Waals surface area contributed by atoms with Crippen molar-refractivity contribution in [3.63, 3.8) is 0 Å². The van der Waals surface area contributed by atoms with Crippen molar-refractivity contribution in [1.29, 1.82) is 0 Å². The molecule has 0 aliphatic heterocycles. The molecule has 0 aliphatic carbocycles. The Labute approximate surface area is 193 Å². The van der Waals surface area contributed by atoms with Crippen molar-refractivity contribution in [3.8, 4) is 5.75 Å². The van der Waals surface area contributed by atoms with Crippen molar-refractivity contribution < 1.29 is 9.53 Å². The molecule has 1 aromatic heterocycles. The molecule has 4 nitrogen and oxygen atoms in total. The number of thiazole rings is 1. The molecule has 0 N–H and O–H groups in total. The van der Waals surface area contributed by atoms with Gasteiger partial charge in [-0.05, 0) is 48.7 Å². The Morgan fingerprint density at radius 2 is 1.81 bits per heavy atom. The molecule has 3 aromatic carbocycles. The Balaban J connectivity index is 1.65. The van der Waals surface area contributed by atoms with Crippen molar-refractivity contribution >= 4 is 32.6 Å². The van der Waals surface area contributed by atoms with Gasteiger partial charge in [0.25, 0.3) is 5.91 Å². The zero-order chi connectivity index (χ0) is 22.3. The SMILES string of the molecule is CCCCCOc1cccc(C(=O)N(Cc2ccccc2)c2nc3c(C)cccc3s2)c1. The lowest BCUT2D eigenvalue weighted by Crippen LogP contribution is -2.30. The average Bonchev–Trinajstić information content (AvgIpc) is 3.26. The topological polar surface area (TPSA) is 42.4 Å². The van der Waals surface area contributed by atoms with Crippen LogP contribution in [0.15, 0.2) is 72.8 Å². The minimum absolute atomic E-state index is 0.0791. The first-order valence-corrected chi connectivity index (χ1v) is 11.9. The van der Waals surface area contributed by atoms with Gasteiger partial charge in [0.15, 0.2) is 5.13 Å². The number of unbranched alkanes of at least 4 members (excludes halogenated alkanes) is 2. The molecule has 164 valence electrons. The maximum Gasteiger partial charge on any atom is 0.260 e. The minimum atomic E-state index is -0.0791. The summed E-state index contributed by atoms with van der Waals surface area (Å²) in [7, 11) is 0. The normalized spacial score (nSPS) is 10.9. The number of nitrogens with zero attached hydrogens (tertiary/aromatic N) is 2. The molecule has 0 aliphatic rings. The van der Waals surface area contributed by atoms with Gasteiger partial charge in [0.2, 0.25) is 0 Å². The van der Waals surface area contributed by atoms with E-state index in [0.717, 1.165) is 46.4 Å². The van der Waals surface area contributed by atoms with E-state index in [1.54, 1.807) is 16.2 Å². The van der Waals surface area contributed by atoms with Gasteiger partial charge >= 0.3 is 0 Å². The number of benzene rings is 3. The number of aromatic nitrogens is 1. The van der Waals surface area contributed by atoms with Crippen LogP contribution in [0.2, 0.25) is 0 Å². The predicted molar refractivity (Wildman–Crippen MR) is 133 cm³/mol. The zero-order valence-electron chi connectivity index (χ0n) is 18.6. The molecule has 1 amide bonds. The van der Waals surface area contributed by atoms with Crippen LogP contribution in [-0.2, 0) is 6.54 Å². The number of fused-ring (bicyclic) bond motifs is 1. The maximum absolute atomic E-state index is 13.7. The van der Waals surface area contributed by atoms with E-state index in [1.807, 2.05) is 60.7 Å². The van der Waals surface area contributed by atoms with Gasteiger partial charge in [0, 0.05) is 5.56 Å². The number of aryl methyl sites for hydroxylation is 1. The molecule has 0 unspecified atom stereocenters. The van der Waals surface area contributed by atoms with Gasteiger partial charge in [-0.2, -0.15) is 0 Å². The third-order valence-corrected chi connectivity index (χ3v) is 6.41. The number of carbonyl (C=O) groups is 1. The maximum atomic E-state index is 13.7. The molecule has 0 saturated heterocycles. The molecular weight excluding hydrogens is 416 g/mol. The van der Waals surface area contributed by atoms with E-state index in [-0.39, 0.29) is 5.91 Å². The van der Waals surface area contributed by atoms with Gasteiger partial charge in [0.05, 0.1) is 23.4 Å². The number of ether oxygens (including phenoxy) is 1. The smallest absolute Gasteiger partial charge is 0.260 e. The molecule has 0 fully saturated rings. The summed E-state index contributed by atoms with van der Waals surface area (Å²) in [5, 5.41) is 0.706. The highest BCUT2D eigenvalue weighted by atomic mass is 32.1. The Hall–Kier alpha value is -3.18. The minimum Gasteiger partial charge on any atom is -0.494 e. The number of amides is 1. The lowest BCUT2D eigenvalue weighted by atomic mass is 10.1. The summed E-state index contributed by atoms with van der Waals surface area (Å²) >= 11 is 1.55. The van der Waals surface area contributed by atoms with Crippen LogP contribution in [0.5, 0.6) is 5.75 Å². The number of hydrogen-bond acceptors (Lipinski definition) is 4. The van der Waals surface area contributed by atoms with E-state index in [0.29, 0.717) is 23.8 Å². The molecule has 5 heteroatoms. The Morgan fingerprint density at radius 3 is 2.59 bits per heavy atom. The number of para-hydroxylation sites is 1. The molecule has 0 spiro atoms. The number of hydrogen-bond donors (Lipinski definition) is 0. The van der Waals surface area contributed by atoms with E-state index < -0.39 is 0 Å². The van der Waals surface area contributed by atoms with Crippen molar-refractivity contribution in [2.24, 2.45) is 0 Å². The summed E-state index contributed by atoms with van der Waals surface area (Å²) in [4.78, 5) is 20.3. The summed E-state index contributed by atoms with van der Waals surface area (Å²) in [5.74, 6) is 0.649. The van der Waals surface area contributed by atoms with Crippen molar-refractivity contribution in [3.05, 3.63) is 89.5 Å². The molecule has 0 saturated carbocycles. The van der Waals surface area contributed by atoms with E-state index in [1.165, 1.54) is 0 Å². The van der Waals surface area contributed by atoms with Gasteiger partial charge in [-0.3, -0.25) is 9.69 Å². The largest absolute Gasteiger partial charge is 0.494 e. The van der Waals surface area contributed by atoms with E-state index in [2.05, 4.69) is 26.0 Å². The average molecular weight is 445 g/mol. The second-order valence-corrected chi connectivity index (χ2v) is 8.89.